The number of aromatic hydroxyl groups is 1. The van der Waals surface area contributed by atoms with Gasteiger partial charge in [-0.2, -0.15) is 0 Å². The molecule has 1 aliphatic rings. The van der Waals surface area contributed by atoms with Gasteiger partial charge in [-0.25, -0.2) is 0 Å². The lowest BCUT2D eigenvalue weighted by Crippen LogP contribution is -2.43. The Morgan fingerprint density at radius 1 is 1.35 bits per heavy atom. The Hall–Kier alpha value is -1.49. The minimum Gasteiger partial charge on any atom is -0.504 e. The summed E-state index contributed by atoms with van der Waals surface area (Å²) in [5.74, 6) is 1.20. The number of phenols is 1. The Labute approximate surface area is 125 Å². The van der Waals surface area contributed by atoms with Gasteiger partial charge >= 0.3 is 0 Å². The molecule has 1 aliphatic carbocycles. The van der Waals surface area contributed by atoms with Gasteiger partial charge < -0.3 is 20.5 Å². The number of ether oxygens (including phenoxy) is 1. The number of rotatable bonds is 3. The molecule has 0 bridgehead atoms. The highest BCUT2D eigenvalue weighted by Gasteiger charge is 2.21. The molecule has 4 nitrogen and oxygen atoms in total. The molecule has 1 aromatic carbocycles. The first-order valence-electron chi connectivity index (χ1n) is 7.04. The maximum Gasteiger partial charge on any atom is 0.171 e. The fraction of sp³-hybridized carbons (Fsp3) is 0.533. The predicted molar refractivity (Wildman–Crippen MR) is 85.4 cm³/mol. The minimum atomic E-state index is 0.103. The molecular weight excluding hydrogens is 272 g/mol. The molecule has 3 N–H and O–H groups in total. The van der Waals surface area contributed by atoms with E-state index in [4.69, 9.17) is 17.0 Å². The normalized spacial score (nSPS) is 22.1. The van der Waals surface area contributed by atoms with E-state index < -0.39 is 0 Å². The summed E-state index contributed by atoms with van der Waals surface area (Å²) in [6.45, 7) is 2.26. The molecule has 5 heteroatoms. The Kier molecular flexibility index (Phi) is 5.06. The van der Waals surface area contributed by atoms with Crippen molar-refractivity contribution in [2.24, 2.45) is 5.92 Å². The molecule has 0 radical (unpaired) electrons. The maximum atomic E-state index is 9.74. The van der Waals surface area contributed by atoms with Crippen LogP contribution in [0.4, 0.5) is 5.69 Å². The number of thiocarbonyl (C=S) groups is 1. The van der Waals surface area contributed by atoms with Crippen LogP contribution in [0.5, 0.6) is 11.5 Å². The maximum absolute atomic E-state index is 9.74. The highest BCUT2D eigenvalue weighted by atomic mass is 32.1. The van der Waals surface area contributed by atoms with E-state index in [0.717, 1.165) is 12.1 Å². The summed E-state index contributed by atoms with van der Waals surface area (Å²) >= 11 is 5.34. The van der Waals surface area contributed by atoms with Crippen molar-refractivity contribution >= 4 is 23.0 Å². The zero-order valence-electron chi connectivity index (χ0n) is 12.0. The van der Waals surface area contributed by atoms with Gasteiger partial charge in [0.15, 0.2) is 16.6 Å². The van der Waals surface area contributed by atoms with Gasteiger partial charge in [0.25, 0.3) is 0 Å². The van der Waals surface area contributed by atoms with E-state index in [-0.39, 0.29) is 5.75 Å². The van der Waals surface area contributed by atoms with Crippen LogP contribution in [0, 0.1) is 5.92 Å². The Morgan fingerprint density at radius 2 is 2.10 bits per heavy atom. The average molecular weight is 294 g/mol. The van der Waals surface area contributed by atoms with Gasteiger partial charge in [0.2, 0.25) is 0 Å². The Bertz CT molecular complexity index is 479. The monoisotopic (exact) mass is 294 g/mol. The van der Waals surface area contributed by atoms with Crippen molar-refractivity contribution in [2.75, 3.05) is 12.4 Å². The van der Waals surface area contributed by atoms with E-state index in [1.54, 1.807) is 12.1 Å². The molecule has 0 unspecified atom stereocenters. The van der Waals surface area contributed by atoms with Crippen LogP contribution >= 0.6 is 12.2 Å². The molecule has 20 heavy (non-hydrogen) atoms. The first-order valence-corrected chi connectivity index (χ1v) is 7.45. The van der Waals surface area contributed by atoms with Crippen molar-refractivity contribution in [2.45, 2.75) is 38.6 Å². The number of hydrogen-bond acceptors (Lipinski definition) is 3. The van der Waals surface area contributed by atoms with E-state index in [2.05, 4.69) is 17.6 Å². The van der Waals surface area contributed by atoms with Crippen LogP contribution < -0.4 is 15.4 Å². The summed E-state index contributed by atoms with van der Waals surface area (Å²) in [6, 6.07) is 5.59. The van der Waals surface area contributed by atoms with E-state index >= 15 is 0 Å². The Balaban J connectivity index is 1.92. The van der Waals surface area contributed by atoms with Crippen LogP contribution in [0.25, 0.3) is 0 Å². The summed E-state index contributed by atoms with van der Waals surface area (Å²) < 4.78 is 5.01. The molecule has 1 saturated carbocycles. The van der Waals surface area contributed by atoms with Crippen LogP contribution in [-0.4, -0.2) is 23.4 Å². The van der Waals surface area contributed by atoms with E-state index in [1.165, 1.54) is 26.4 Å². The average Bonchev–Trinajstić information content (AvgIpc) is 2.41. The van der Waals surface area contributed by atoms with Gasteiger partial charge in [0, 0.05) is 17.8 Å². The lowest BCUT2D eigenvalue weighted by atomic mass is 9.86. The second-order valence-electron chi connectivity index (χ2n) is 5.35. The molecule has 0 spiro atoms. The SMILES string of the molecule is COc1ccc(NC(=S)N[C@@H]2CCCC[C@H]2C)cc1O. The fourth-order valence-electron chi connectivity index (χ4n) is 2.63. The van der Waals surface area contributed by atoms with Crippen molar-refractivity contribution in [1.29, 1.82) is 0 Å². The quantitative estimate of drug-likeness (QED) is 0.747. The lowest BCUT2D eigenvalue weighted by Gasteiger charge is -2.30. The van der Waals surface area contributed by atoms with E-state index in [1.807, 2.05) is 6.07 Å². The molecule has 1 aromatic rings. The second-order valence-corrected chi connectivity index (χ2v) is 5.76. The van der Waals surface area contributed by atoms with Crippen LogP contribution in [0.3, 0.4) is 0 Å². The molecule has 0 heterocycles. The second kappa shape index (κ2) is 6.79. The summed E-state index contributed by atoms with van der Waals surface area (Å²) in [7, 11) is 1.53. The van der Waals surface area contributed by atoms with Crippen molar-refractivity contribution in [3.63, 3.8) is 0 Å². The molecule has 2 atom stereocenters. The standard InChI is InChI=1S/C15H22N2O2S/c1-10-5-3-4-6-12(10)17-15(20)16-11-7-8-14(19-2)13(18)9-11/h7-10,12,18H,3-6H2,1-2H3,(H2,16,17,20)/t10-,12-/m1/s1. The van der Waals surface area contributed by atoms with Gasteiger partial charge in [0.1, 0.15) is 0 Å². The number of anilines is 1. The summed E-state index contributed by atoms with van der Waals surface area (Å²) in [5, 5.41) is 16.8. The van der Waals surface area contributed by atoms with Gasteiger partial charge in [-0.15, -0.1) is 0 Å². The predicted octanol–water partition coefficient (Wildman–Crippen LogP) is 3.27. The van der Waals surface area contributed by atoms with E-state index in [0.29, 0.717) is 22.8 Å². The van der Waals surface area contributed by atoms with Gasteiger partial charge in [-0.3, -0.25) is 0 Å². The zero-order chi connectivity index (χ0) is 14.5. The van der Waals surface area contributed by atoms with Crippen LogP contribution in [-0.2, 0) is 0 Å². The third-order valence-electron chi connectivity index (χ3n) is 3.86. The zero-order valence-corrected chi connectivity index (χ0v) is 12.8. The van der Waals surface area contributed by atoms with Gasteiger partial charge in [-0.1, -0.05) is 19.8 Å². The minimum absolute atomic E-state index is 0.103. The first kappa shape index (κ1) is 14.9. The van der Waals surface area contributed by atoms with Crippen molar-refractivity contribution in [1.82, 2.24) is 5.32 Å². The van der Waals surface area contributed by atoms with Crippen LogP contribution in [0.15, 0.2) is 18.2 Å². The molecule has 0 saturated heterocycles. The highest BCUT2D eigenvalue weighted by Crippen LogP contribution is 2.28. The number of methoxy groups -OCH3 is 1. The summed E-state index contributed by atoms with van der Waals surface area (Å²) in [5.41, 5.74) is 0.754. The summed E-state index contributed by atoms with van der Waals surface area (Å²) in [4.78, 5) is 0. The van der Waals surface area contributed by atoms with Gasteiger partial charge in [-0.05, 0) is 43.1 Å². The third kappa shape index (κ3) is 3.76. The fourth-order valence-corrected chi connectivity index (χ4v) is 2.90. The molecule has 0 amide bonds. The first-order chi connectivity index (χ1) is 9.60. The molecule has 2 rings (SSSR count). The van der Waals surface area contributed by atoms with Crippen molar-refractivity contribution in [3.8, 4) is 11.5 Å². The molecule has 0 aliphatic heterocycles. The van der Waals surface area contributed by atoms with Crippen LogP contribution in [0.2, 0.25) is 0 Å². The number of nitrogens with one attached hydrogen (secondary N) is 2. The van der Waals surface area contributed by atoms with Gasteiger partial charge in [0.05, 0.1) is 7.11 Å². The third-order valence-corrected chi connectivity index (χ3v) is 4.08. The summed E-state index contributed by atoms with van der Waals surface area (Å²) in [6.07, 6.45) is 4.99. The number of hydrogen-bond donors (Lipinski definition) is 3. The molecule has 1 fully saturated rings. The smallest absolute Gasteiger partial charge is 0.171 e. The molecule has 0 aromatic heterocycles. The van der Waals surface area contributed by atoms with Crippen molar-refractivity contribution < 1.29 is 9.84 Å². The number of phenolic OH excluding ortho intramolecular Hbond substituents is 1. The topological polar surface area (TPSA) is 53.5 Å². The van der Waals surface area contributed by atoms with E-state index in [9.17, 15) is 5.11 Å². The highest BCUT2D eigenvalue weighted by molar-refractivity contribution is 7.80. The number of benzene rings is 1. The largest absolute Gasteiger partial charge is 0.504 e. The van der Waals surface area contributed by atoms with Crippen LogP contribution in [0.1, 0.15) is 32.6 Å². The Morgan fingerprint density at radius 3 is 2.75 bits per heavy atom. The lowest BCUT2D eigenvalue weighted by molar-refractivity contribution is 0.309. The molecule has 110 valence electrons. The molecular formula is C15H22N2O2S. The van der Waals surface area contributed by atoms with Crippen molar-refractivity contribution in [3.05, 3.63) is 18.2 Å².